The molecule has 142 valence electrons. The van der Waals surface area contributed by atoms with Gasteiger partial charge in [-0.25, -0.2) is 9.69 Å². The Morgan fingerprint density at radius 3 is 2.26 bits per heavy atom. The summed E-state index contributed by atoms with van der Waals surface area (Å²) in [4.78, 5) is 26.7. The minimum atomic E-state index is -0.565. The summed E-state index contributed by atoms with van der Waals surface area (Å²) in [6.45, 7) is 8.07. The molecule has 0 bridgehead atoms. The largest absolute Gasteiger partial charge is 0.439 e. The fourth-order valence-electron chi connectivity index (χ4n) is 3.61. The molecule has 1 heterocycles. The van der Waals surface area contributed by atoms with Gasteiger partial charge in [0, 0.05) is 0 Å². The number of ether oxygens (including phenoxy) is 1. The predicted molar refractivity (Wildman–Crippen MR) is 105 cm³/mol. The van der Waals surface area contributed by atoms with Gasteiger partial charge in [-0.1, -0.05) is 68.4 Å². The van der Waals surface area contributed by atoms with E-state index >= 15 is 0 Å². The molecule has 0 radical (unpaired) electrons. The lowest BCUT2D eigenvalue weighted by Gasteiger charge is -2.22. The monoisotopic (exact) mass is 365 g/mol. The van der Waals surface area contributed by atoms with E-state index in [0.29, 0.717) is 5.92 Å². The number of carbonyl (C=O) groups is 2. The van der Waals surface area contributed by atoms with Crippen LogP contribution in [0.5, 0.6) is 0 Å². The Bertz CT molecular complexity index is 798. The van der Waals surface area contributed by atoms with Gasteiger partial charge in [-0.2, -0.15) is 0 Å². The predicted octanol–water partition coefficient (Wildman–Crippen LogP) is 5.10. The summed E-state index contributed by atoms with van der Waals surface area (Å²) in [5, 5.41) is 0. The van der Waals surface area contributed by atoms with Crippen molar-refractivity contribution in [1.29, 1.82) is 0 Å². The van der Waals surface area contributed by atoms with Gasteiger partial charge in [0.1, 0.15) is 6.10 Å². The first-order chi connectivity index (χ1) is 12.9. The van der Waals surface area contributed by atoms with E-state index in [2.05, 4.69) is 26.0 Å². The number of cyclic esters (lactones) is 1. The molecule has 1 fully saturated rings. The molecule has 1 saturated heterocycles. The lowest BCUT2D eigenvalue weighted by molar-refractivity contribution is -0.130. The van der Waals surface area contributed by atoms with Crippen LogP contribution < -0.4 is 0 Å². The average molecular weight is 365 g/mol. The van der Waals surface area contributed by atoms with E-state index < -0.39 is 18.1 Å². The van der Waals surface area contributed by atoms with Crippen molar-refractivity contribution in [3.63, 3.8) is 0 Å². The standard InChI is InChI=1S/C23H27NO3/c1-15(2)14-18-10-12-19(13-11-18)16(3)22(25)24-17(4)21(27-23(24)26)20-8-6-5-7-9-20/h5-13,15-17,21H,14H2,1-4H3/t16-,17+,21+/m0/s1. The van der Waals surface area contributed by atoms with Gasteiger partial charge in [0.25, 0.3) is 0 Å². The van der Waals surface area contributed by atoms with E-state index in [1.165, 1.54) is 10.5 Å². The van der Waals surface area contributed by atoms with Gasteiger partial charge >= 0.3 is 6.09 Å². The summed E-state index contributed by atoms with van der Waals surface area (Å²) in [6, 6.07) is 17.3. The Morgan fingerprint density at radius 1 is 1.04 bits per heavy atom. The van der Waals surface area contributed by atoms with Crippen LogP contribution in [-0.2, 0) is 16.0 Å². The van der Waals surface area contributed by atoms with Crippen LogP contribution in [0.2, 0.25) is 0 Å². The van der Waals surface area contributed by atoms with Crippen molar-refractivity contribution >= 4 is 12.0 Å². The Morgan fingerprint density at radius 2 is 1.67 bits per heavy atom. The molecular weight excluding hydrogens is 338 g/mol. The third kappa shape index (κ3) is 4.05. The quantitative estimate of drug-likeness (QED) is 0.741. The van der Waals surface area contributed by atoms with E-state index in [0.717, 1.165) is 17.5 Å². The summed E-state index contributed by atoms with van der Waals surface area (Å²) in [7, 11) is 0. The van der Waals surface area contributed by atoms with Gasteiger partial charge < -0.3 is 4.74 Å². The third-order valence-electron chi connectivity index (χ3n) is 5.13. The van der Waals surface area contributed by atoms with Crippen LogP contribution in [0, 0.1) is 5.92 Å². The number of benzene rings is 2. The lowest BCUT2D eigenvalue weighted by atomic mass is 9.95. The number of hydrogen-bond acceptors (Lipinski definition) is 3. The summed E-state index contributed by atoms with van der Waals surface area (Å²) in [5.74, 6) is -0.0322. The maximum atomic E-state index is 13.0. The molecule has 0 unspecified atom stereocenters. The highest BCUT2D eigenvalue weighted by molar-refractivity contribution is 5.97. The molecule has 4 nitrogen and oxygen atoms in total. The molecular formula is C23H27NO3. The van der Waals surface area contributed by atoms with Crippen molar-refractivity contribution in [3.05, 3.63) is 71.3 Å². The molecule has 2 amide bonds. The molecule has 2 aromatic carbocycles. The number of hydrogen-bond donors (Lipinski definition) is 0. The average Bonchev–Trinajstić information content (AvgIpc) is 2.95. The first-order valence-electron chi connectivity index (χ1n) is 9.56. The maximum absolute atomic E-state index is 13.0. The van der Waals surface area contributed by atoms with Gasteiger partial charge in [-0.3, -0.25) is 4.79 Å². The summed E-state index contributed by atoms with van der Waals surface area (Å²) >= 11 is 0. The number of rotatable bonds is 5. The van der Waals surface area contributed by atoms with Gasteiger partial charge in [0.2, 0.25) is 5.91 Å². The second kappa shape index (κ2) is 7.95. The second-order valence-corrected chi connectivity index (χ2v) is 7.73. The van der Waals surface area contributed by atoms with Crippen LogP contribution in [0.1, 0.15) is 56.4 Å². The van der Waals surface area contributed by atoms with Crippen LogP contribution >= 0.6 is 0 Å². The number of carbonyl (C=O) groups excluding carboxylic acids is 2. The van der Waals surface area contributed by atoms with E-state index in [1.54, 1.807) is 0 Å². The highest BCUT2D eigenvalue weighted by Gasteiger charge is 2.44. The number of amides is 2. The zero-order chi connectivity index (χ0) is 19.6. The van der Waals surface area contributed by atoms with E-state index in [-0.39, 0.29) is 11.9 Å². The normalized spacial score (nSPS) is 20.6. The summed E-state index contributed by atoms with van der Waals surface area (Å²) in [6.07, 6.45) is 0.0181. The Labute approximate surface area is 161 Å². The highest BCUT2D eigenvalue weighted by Crippen LogP contribution is 2.34. The van der Waals surface area contributed by atoms with Crippen molar-refractivity contribution in [2.45, 2.75) is 52.2 Å². The maximum Gasteiger partial charge on any atom is 0.417 e. The minimum absolute atomic E-state index is 0.220. The molecule has 27 heavy (non-hydrogen) atoms. The number of nitrogens with zero attached hydrogens (tertiary/aromatic N) is 1. The van der Waals surface area contributed by atoms with E-state index in [4.69, 9.17) is 4.74 Å². The highest BCUT2D eigenvalue weighted by atomic mass is 16.6. The van der Waals surface area contributed by atoms with Crippen molar-refractivity contribution < 1.29 is 14.3 Å². The third-order valence-corrected chi connectivity index (χ3v) is 5.13. The van der Waals surface area contributed by atoms with Crippen molar-refractivity contribution in [3.8, 4) is 0 Å². The van der Waals surface area contributed by atoms with Crippen LogP contribution in [0.4, 0.5) is 4.79 Å². The SMILES string of the molecule is CC(C)Cc1ccc([C@H](C)C(=O)N2C(=O)O[C@@H](c3ccccc3)[C@H]2C)cc1. The van der Waals surface area contributed by atoms with Gasteiger partial charge in [0.05, 0.1) is 12.0 Å². The van der Waals surface area contributed by atoms with Crippen LogP contribution in [0.15, 0.2) is 54.6 Å². The molecule has 0 aromatic heterocycles. The Hall–Kier alpha value is -2.62. The minimum Gasteiger partial charge on any atom is -0.439 e. The van der Waals surface area contributed by atoms with Crippen molar-refractivity contribution in [1.82, 2.24) is 4.90 Å². The molecule has 1 aliphatic heterocycles. The molecule has 0 spiro atoms. The van der Waals surface area contributed by atoms with E-state index in [1.807, 2.05) is 56.3 Å². The first kappa shape index (κ1) is 19.2. The fraction of sp³-hybridized carbons (Fsp3) is 0.391. The summed E-state index contributed by atoms with van der Waals surface area (Å²) in [5.41, 5.74) is 3.07. The molecule has 3 rings (SSSR count). The first-order valence-corrected chi connectivity index (χ1v) is 9.56. The molecule has 0 aliphatic carbocycles. The van der Waals surface area contributed by atoms with E-state index in [9.17, 15) is 9.59 Å². The molecule has 2 aromatic rings. The van der Waals surface area contributed by atoms with Gasteiger partial charge in [-0.15, -0.1) is 0 Å². The fourth-order valence-corrected chi connectivity index (χ4v) is 3.61. The molecule has 4 heteroatoms. The van der Waals surface area contributed by atoms with Gasteiger partial charge in [0.15, 0.2) is 0 Å². The Kier molecular flexibility index (Phi) is 5.64. The van der Waals surface area contributed by atoms with Crippen molar-refractivity contribution in [2.24, 2.45) is 5.92 Å². The lowest BCUT2D eigenvalue weighted by Crippen LogP contribution is -2.40. The van der Waals surface area contributed by atoms with Crippen LogP contribution in [0.3, 0.4) is 0 Å². The summed E-state index contributed by atoms with van der Waals surface area (Å²) < 4.78 is 5.51. The van der Waals surface area contributed by atoms with Crippen molar-refractivity contribution in [2.75, 3.05) is 0 Å². The molecule has 1 aliphatic rings. The number of imide groups is 1. The van der Waals surface area contributed by atoms with Crippen LogP contribution in [0.25, 0.3) is 0 Å². The zero-order valence-electron chi connectivity index (χ0n) is 16.4. The Balaban J connectivity index is 1.75. The zero-order valence-corrected chi connectivity index (χ0v) is 16.4. The van der Waals surface area contributed by atoms with Crippen LogP contribution in [-0.4, -0.2) is 22.9 Å². The molecule has 3 atom stereocenters. The molecule has 0 N–H and O–H groups in total. The molecule has 0 saturated carbocycles. The smallest absolute Gasteiger partial charge is 0.417 e. The van der Waals surface area contributed by atoms with Gasteiger partial charge in [-0.05, 0) is 42.9 Å². The topological polar surface area (TPSA) is 46.6 Å². The second-order valence-electron chi connectivity index (χ2n) is 7.73.